The molecular formula is C19H18N4O3S. The summed E-state index contributed by atoms with van der Waals surface area (Å²) in [6.07, 6.45) is 1.32. The van der Waals surface area contributed by atoms with E-state index >= 15 is 0 Å². The Morgan fingerprint density at radius 3 is 2.52 bits per heavy atom. The lowest BCUT2D eigenvalue weighted by Crippen LogP contribution is -2.27. The average Bonchev–Trinajstić information content (AvgIpc) is 3.00. The zero-order valence-electron chi connectivity index (χ0n) is 14.4. The van der Waals surface area contributed by atoms with Crippen LogP contribution in [0.3, 0.4) is 0 Å². The van der Waals surface area contributed by atoms with Crippen molar-refractivity contribution in [3.05, 3.63) is 77.0 Å². The Labute approximate surface area is 156 Å². The van der Waals surface area contributed by atoms with Gasteiger partial charge in [-0.1, -0.05) is 54.6 Å². The Kier molecular flexibility index (Phi) is 4.19. The zero-order chi connectivity index (χ0) is 19.0. The van der Waals surface area contributed by atoms with E-state index in [-0.39, 0.29) is 11.4 Å². The van der Waals surface area contributed by atoms with E-state index in [9.17, 15) is 13.2 Å². The molecule has 4 rings (SSSR count). The molecule has 0 unspecified atom stereocenters. The number of sulfonamides is 1. The molecule has 1 aromatic heterocycles. The Balaban J connectivity index is 1.77. The highest BCUT2D eigenvalue weighted by Gasteiger charge is 2.28. The number of hydrogen-bond donors (Lipinski definition) is 2. The number of carbonyl (C=O) groups is 1. The summed E-state index contributed by atoms with van der Waals surface area (Å²) in [5.41, 5.74) is 9.38. The molecule has 0 saturated carbocycles. The predicted molar refractivity (Wildman–Crippen MR) is 102 cm³/mol. The molecule has 1 heterocycles. The van der Waals surface area contributed by atoms with Crippen molar-refractivity contribution in [1.29, 1.82) is 0 Å². The number of nitrogens with zero attached hydrogens (tertiary/aromatic N) is 2. The molecule has 1 amide bonds. The maximum atomic E-state index is 12.7. The van der Waals surface area contributed by atoms with Crippen molar-refractivity contribution in [3.63, 3.8) is 0 Å². The van der Waals surface area contributed by atoms with Crippen molar-refractivity contribution in [3.8, 4) is 11.3 Å². The molecule has 0 spiro atoms. The molecule has 2 aromatic carbocycles. The van der Waals surface area contributed by atoms with Gasteiger partial charge in [-0.15, -0.1) is 5.10 Å². The SMILES string of the molecule is NC(=O)c1nn(NS(=O)(=O)Cc2ccccc2)c2c1CCc1ccccc1-2. The van der Waals surface area contributed by atoms with Gasteiger partial charge in [0, 0.05) is 11.1 Å². The van der Waals surface area contributed by atoms with Crippen molar-refractivity contribution >= 4 is 15.9 Å². The Morgan fingerprint density at radius 1 is 1.07 bits per heavy atom. The number of rotatable bonds is 5. The second-order valence-electron chi connectivity index (χ2n) is 6.44. The molecule has 7 nitrogen and oxygen atoms in total. The molecule has 0 fully saturated rings. The molecule has 0 saturated heterocycles. The number of amides is 1. The van der Waals surface area contributed by atoms with Gasteiger partial charge >= 0.3 is 0 Å². The highest BCUT2D eigenvalue weighted by molar-refractivity contribution is 7.91. The fraction of sp³-hybridized carbons (Fsp3) is 0.158. The number of benzene rings is 2. The van der Waals surface area contributed by atoms with Crippen molar-refractivity contribution in [1.82, 2.24) is 9.89 Å². The minimum Gasteiger partial charge on any atom is -0.364 e. The van der Waals surface area contributed by atoms with Gasteiger partial charge in [-0.2, -0.15) is 4.79 Å². The van der Waals surface area contributed by atoms with E-state index in [0.29, 0.717) is 23.2 Å². The van der Waals surface area contributed by atoms with Crippen molar-refractivity contribution < 1.29 is 13.2 Å². The second kappa shape index (κ2) is 6.55. The normalized spacial score (nSPS) is 12.9. The molecule has 1 aliphatic rings. The van der Waals surface area contributed by atoms with Gasteiger partial charge in [0.05, 0.1) is 11.4 Å². The molecule has 0 bridgehead atoms. The van der Waals surface area contributed by atoms with Gasteiger partial charge in [-0.05, 0) is 24.0 Å². The second-order valence-corrected chi connectivity index (χ2v) is 8.15. The number of primary amides is 1. The van der Waals surface area contributed by atoms with Gasteiger partial charge < -0.3 is 5.73 Å². The summed E-state index contributed by atoms with van der Waals surface area (Å²) in [7, 11) is -3.74. The lowest BCUT2D eigenvalue weighted by Gasteiger charge is -2.19. The molecule has 3 aromatic rings. The Morgan fingerprint density at radius 2 is 1.78 bits per heavy atom. The van der Waals surface area contributed by atoms with Crippen LogP contribution in [0.4, 0.5) is 0 Å². The van der Waals surface area contributed by atoms with Crippen LogP contribution in [0.1, 0.15) is 27.2 Å². The van der Waals surface area contributed by atoms with E-state index in [1.807, 2.05) is 30.3 Å². The molecule has 0 radical (unpaired) electrons. The number of nitrogens with two attached hydrogens (primary N) is 1. The number of carbonyl (C=O) groups excluding carboxylic acids is 1. The molecule has 1 aliphatic carbocycles. The van der Waals surface area contributed by atoms with Crippen molar-refractivity contribution in [2.24, 2.45) is 5.73 Å². The monoisotopic (exact) mass is 382 g/mol. The maximum Gasteiger partial charge on any atom is 0.269 e. The predicted octanol–water partition coefficient (Wildman–Crippen LogP) is 1.82. The first-order valence-electron chi connectivity index (χ1n) is 8.49. The third-order valence-corrected chi connectivity index (χ3v) is 5.72. The van der Waals surface area contributed by atoms with Gasteiger partial charge in [0.25, 0.3) is 15.9 Å². The molecular weight excluding hydrogens is 364 g/mol. The van der Waals surface area contributed by atoms with E-state index in [4.69, 9.17) is 5.73 Å². The molecule has 0 aliphatic heterocycles. The molecule has 138 valence electrons. The lowest BCUT2D eigenvalue weighted by atomic mass is 9.89. The Bertz CT molecular complexity index is 1120. The molecule has 27 heavy (non-hydrogen) atoms. The summed E-state index contributed by atoms with van der Waals surface area (Å²) >= 11 is 0. The smallest absolute Gasteiger partial charge is 0.269 e. The van der Waals surface area contributed by atoms with Crippen LogP contribution in [0.15, 0.2) is 54.6 Å². The summed E-state index contributed by atoms with van der Waals surface area (Å²) in [6, 6.07) is 16.5. The fourth-order valence-electron chi connectivity index (χ4n) is 3.41. The number of fused-ring (bicyclic) bond motifs is 3. The fourth-order valence-corrected chi connectivity index (χ4v) is 4.51. The topological polar surface area (TPSA) is 107 Å². The minimum atomic E-state index is -3.74. The van der Waals surface area contributed by atoms with Crippen molar-refractivity contribution in [2.45, 2.75) is 18.6 Å². The number of aryl methyl sites for hydroxylation is 1. The van der Waals surface area contributed by atoms with Crippen LogP contribution in [-0.4, -0.2) is 24.2 Å². The van der Waals surface area contributed by atoms with Gasteiger partial charge in [0.2, 0.25) is 0 Å². The molecule has 8 heteroatoms. The summed E-state index contributed by atoms with van der Waals surface area (Å²) in [5.74, 6) is -0.873. The van der Waals surface area contributed by atoms with Crippen LogP contribution in [0.5, 0.6) is 0 Å². The number of nitrogens with one attached hydrogen (secondary N) is 1. The van der Waals surface area contributed by atoms with Gasteiger partial charge in [0.15, 0.2) is 5.69 Å². The third kappa shape index (κ3) is 3.31. The minimum absolute atomic E-state index is 0.0990. The highest BCUT2D eigenvalue weighted by Crippen LogP contribution is 2.34. The molecule has 3 N–H and O–H groups in total. The highest BCUT2D eigenvalue weighted by atomic mass is 32.2. The Hall–Kier alpha value is -3.13. The van der Waals surface area contributed by atoms with Gasteiger partial charge in [-0.25, -0.2) is 13.2 Å². The largest absolute Gasteiger partial charge is 0.364 e. The van der Waals surface area contributed by atoms with E-state index in [1.165, 1.54) is 4.79 Å². The average molecular weight is 382 g/mol. The van der Waals surface area contributed by atoms with Crippen LogP contribution < -0.4 is 10.6 Å². The van der Waals surface area contributed by atoms with Gasteiger partial charge in [-0.3, -0.25) is 4.79 Å². The summed E-state index contributed by atoms with van der Waals surface area (Å²) in [5, 5.41) is 4.17. The van der Waals surface area contributed by atoms with E-state index in [1.54, 1.807) is 24.3 Å². The zero-order valence-corrected chi connectivity index (χ0v) is 15.2. The standard InChI is InChI=1S/C19H18N4O3S/c20-19(24)17-16-11-10-14-8-4-5-9-15(14)18(16)23(21-17)22-27(25,26)12-13-6-2-1-3-7-13/h1-9,22H,10-12H2,(H2,20,24). The first-order valence-corrected chi connectivity index (χ1v) is 10.1. The van der Waals surface area contributed by atoms with Gasteiger partial charge in [0.1, 0.15) is 0 Å². The van der Waals surface area contributed by atoms with Crippen LogP contribution >= 0.6 is 0 Å². The van der Waals surface area contributed by atoms with Crippen LogP contribution in [0.25, 0.3) is 11.3 Å². The van der Waals surface area contributed by atoms with Crippen molar-refractivity contribution in [2.75, 3.05) is 4.83 Å². The quantitative estimate of drug-likeness (QED) is 0.702. The summed E-state index contributed by atoms with van der Waals surface area (Å²) in [4.78, 5) is 15.5. The number of hydrogen-bond acceptors (Lipinski definition) is 4. The maximum absolute atomic E-state index is 12.7. The van der Waals surface area contributed by atoms with E-state index in [0.717, 1.165) is 17.5 Å². The molecule has 0 atom stereocenters. The van der Waals surface area contributed by atoms with Crippen LogP contribution in [0.2, 0.25) is 0 Å². The first kappa shape index (κ1) is 17.3. The first-order chi connectivity index (χ1) is 12.9. The summed E-state index contributed by atoms with van der Waals surface area (Å²) in [6.45, 7) is 0. The third-order valence-electron chi connectivity index (χ3n) is 4.56. The van der Waals surface area contributed by atoms with Crippen LogP contribution in [0, 0.1) is 0 Å². The van der Waals surface area contributed by atoms with Crippen LogP contribution in [-0.2, 0) is 28.6 Å². The number of aromatic nitrogens is 2. The summed E-state index contributed by atoms with van der Waals surface area (Å²) < 4.78 is 25.3. The lowest BCUT2D eigenvalue weighted by molar-refractivity contribution is 0.0994. The van der Waals surface area contributed by atoms with E-state index in [2.05, 4.69) is 9.93 Å². The van der Waals surface area contributed by atoms with E-state index < -0.39 is 15.9 Å².